The third-order valence-electron chi connectivity index (χ3n) is 3.51. The highest BCUT2D eigenvalue weighted by molar-refractivity contribution is 7.96. The van der Waals surface area contributed by atoms with Gasteiger partial charge in [-0.25, -0.2) is 9.97 Å². The van der Waals surface area contributed by atoms with E-state index in [2.05, 4.69) is 32.7 Å². The van der Waals surface area contributed by atoms with Crippen LogP contribution in [0.4, 0.5) is 5.95 Å². The number of rotatable bonds is 2. The number of hydrogen-bond donors (Lipinski definition) is 1. The van der Waals surface area contributed by atoms with Crippen molar-refractivity contribution in [3.63, 3.8) is 0 Å². The molecule has 2 heterocycles. The van der Waals surface area contributed by atoms with Crippen molar-refractivity contribution in [2.45, 2.75) is 12.3 Å². The van der Waals surface area contributed by atoms with Gasteiger partial charge in [-0.3, -0.25) is 4.31 Å². The Bertz CT molecular complexity index is 572. The molecule has 2 N–H and O–H groups in total. The van der Waals surface area contributed by atoms with Crippen molar-refractivity contribution < 1.29 is 0 Å². The maximum atomic E-state index is 5.71. The average Bonchev–Trinajstić information content (AvgIpc) is 2.86. The lowest BCUT2D eigenvalue weighted by atomic mass is 9.96. The van der Waals surface area contributed by atoms with Gasteiger partial charge in [-0.2, -0.15) is 0 Å². The summed E-state index contributed by atoms with van der Waals surface area (Å²) in [5, 5.41) is 1.07. The number of aromatic nitrogens is 2. The standard InChI is InChI=1S/C13H16N4S/c1-18-17-6-5-10(8-17)11-4-2-3-9-7-15-13(14)16-12(9)11/h2-4,7,10H,5-6,8H2,1H3,(H2,14,15,16). The fraction of sp³-hybridized carbons (Fsp3) is 0.385. The Hall–Kier alpha value is -1.33. The molecule has 0 saturated carbocycles. The molecule has 0 aliphatic carbocycles. The van der Waals surface area contributed by atoms with Crippen LogP contribution in [0.3, 0.4) is 0 Å². The topological polar surface area (TPSA) is 55.0 Å². The molecule has 4 nitrogen and oxygen atoms in total. The molecule has 1 aliphatic heterocycles. The number of fused-ring (bicyclic) bond motifs is 1. The SMILES string of the molecule is CSN1CCC(c2cccc3cnc(N)nc23)C1. The van der Waals surface area contributed by atoms with Gasteiger partial charge in [-0.1, -0.05) is 30.1 Å². The van der Waals surface area contributed by atoms with Crippen LogP contribution in [0.15, 0.2) is 24.4 Å². The van der Waals surface area contributed by atoms with Crippen molar-refractivity contribution in [3.8, 4) is 0 Å². The van der Waals surface area contributed by atoms with Gasteiger partial charge in [0, 0.05) is 30.6 Å². The quantitative estimate of drug-likeness (QED) is 0.840. The Labute approximate surface area is 111 Å². The van der Waals surface area contributed by atoms with E-state index in [0.29, 0.717) is 11.9 Å². The number of para-hydroxylation sites is 1. The molecule has 0 bridgehead atoms. The molecule has 1 fully saturated rings. The molecule has 1 unspecified atom stereocenters. The predicted molar refractivity (Wildman–Crippen MR) is 76.4 cm³/mol. The highest BCUT2D eigenvalue weighted by Crippen LogP contribution is 2.33. The first kappa shape index (κ1) is 11.7. The summed E-state index contributed by atoms with van der Waals surface area (Å²) in [6, 6.07) is 6.29. The summed E-state index contributed by atoms with van der Waals surface area (Å²) in [7, 11) is 0. The van der Waals surface area contributed by atoms with Gasteiger partial charge in [-0.15, -0.1) is 0 Å². The number of hydrogen-bond acceptors (Lipinski definition) is 5. The molecule has 18 heavy (non-hydrogen) atoms. The molecule has 1 atom stereocenters. The van der Waals surface area contributed by atoms with E-state index >= 15 is 0 Å². The van der Waals surface area contributed by atoms with Crippen molar-refractivity contribution in [1.82, 2.24) is 14.3 Å². The van der Waals surface area contributed by atoms with Crippen LogP contribution < -0.4 is 5.73 Å². The molecule has 2 aromatic rings. The van der Waals surface area contributed by atoms with E-state index in [0.717, 1.165) is 24.0 Å². The van der Waals surface area contributed by atoms with Gasteiger partial charge in [0.15, 0.2) is 0 Å². The molecule has 0 spiro atoms. The Morgan fingerprint density at radius 3 is 3.11 bits per heavy atom. The summed E-state index contributed by atoms with van der Waals surface area (Å²) in [6.45, 7) is 2.23. The fourth-order valence-corrected chi connectivity index (χ4v) is 3.19. The van der Waals surface area contributed by atoms with E-state index in [1.54, 1.807) is 0 Å². The minimum absolute atomic E-state index is 0.356. The third-order valence-corrected chi connectivity index (χ3v) is 4.36. The zero-order chi connectivity index (χ0) is 12.5. The van der Waals surface area contributed by atoms with E-state index in [-0.39, 0.29) is 0 Å². The summed E-state index contributed by atoms with van der Waals surface area (Å²) >= 11 is 1.82. The van der Waals surface area contributed by atoms with E-state index in [4.69, 9.17) is 5.73 Å². The second kappa shape index (κ2) is 4.74. The summed E-state index contributed by atoms with van der Waals surface area (Å²) in [5.74, 6) is 0.908. The largest absolute Gasteiger partial charge is 0.368 e. The smallest absolute Gasteiger partial charge is 0.220 e. The van der Waals surface area contributed by atoms with E-state index in [1.807, 2.05) is 24.2 Å². The molecule has 0 amide bonds. The zero-order valence-electron chi connectivity index (χ0n) is 10.3. The molecule has 0 radical (unpaired) electrons. The van der Waals surface area contributed by atoms with Gasteiger partial charge >= 0.3 is 0 Å². The average molecular weight is 260 g/mol. The van der Waals surface area contributed by atoms with Crippen molar-refractivity contribution in [2.24, 2.45) is 0 Å². The molecule has 5 heteroatoms. The molecular weight excluding hydrogens is 244 g/mol. The predicted octanol–water partition coefficient (Wildman–Crippen LogP) is 2.28. The summed E-state index contributed by atoms with van der Waals surface area (Å²) in [6.07, 6.45) is 5.12. The van der Waals surface area contributed by atoms with Gasteiger partial charge in [0.1, 0.15) is 0 Å². The molecule has 1 saturated heterocycles. The lowest BCUT2D eigenvalue weighted by molar-refractivity contribution is 0.577. The molecule has 94 valence electrons. The van der Waals surface area contributed by atoms with E-state index in [1.165, 1.54) is 12.0 Å². The summed E-state index contributed by atoms with van der Waals surface area (Å²) < 4.78 is 2.40. The number of nitrogen functional groups attached to an aromatic ring is 1. The number of anilines is 1. The Balaban J connectivity index is 2.04. The second-order valence-corrected chi connectivity index (χ2v) is 5.45. The normalized spacial score (nSPS) is 20.6. The molecule has 3 rings (SSSR count). The van der Waals surface area contributed by atoms with Gasteiger partial charge in [0.2, 0.25) is 5.95 Å². The van der Waals surface area contributed by atoms with Gasteiger partial charge in [-0.05, 0) is 18.2 Å². The lowest BCUT2D eigenvalue weighted by Crippen LogP contribution is -2.10. The number of benzene rings is 1. The van der Waals surface area contributed by atoms with E-state index in [9.17, 15) is 0 Å². The van der Waals surface area contributed by atoms with Crippen LogP contribution >= 0.6 is 11.9 Å². The molecule has 1 aliphatic rings. The van der Waals surface area contributed by atoms with Crippen molar-refractivity contribution >= 4 is 28.8 Å². The van der Waals surface area contributed by atoms with Crippen LogP contribution in [0.5, 0.6) is 0 Å². The van der Waals surface area contributed by atoms with Crippen molar-refractivity contribution in [1.29, 1.82) is 0 Å². The third kappa shape index (κ3) is 2.04. The number of nitrogens with two attached hydrogens (primary N) is 1. The first-order valence-corrected chi connectivity index (χ1v) is 7.26. The van der Waals surface area contributed by atoms with E-state index < -0.39 is 0 Å². The second-order valence-electron chi connectivity index (χ2n) is 4.57. The Morgan fingerprint density at radius 1 is 1.44 bits per heavy atom. The fourth-order valence-electron chi connectivity index (χ4n) is 2.57. The van der Waals surface area contributed by atoms with Gasteiger partial charge in [0.25, 0.3) is 0 Å². The van der Waals surface area contributed by atoms with Gasteiger partial charge in [0.05, 0.1) is 5.52 Å². The number of nitrogens with zero attached hydrogens (tertiary/aromatic N) is 3. The van der Waals surface area contributed by atoms with Crippen LogP contribution in [-0.4, -0.2) is 33.6 Å². The van der Waals surface area contributed by atoms with Crippen LogP contribution in [0.2, 0.25) is 0 Å². The highest BCUT2D eigenvalue weighted by atomic mass is 32.2. The van der Waals surface area contributed by atoms with Crippen LogP contribution in [0.25, 0.3) is 10.9 Å². The highest BCUT2D eigenvalue weighted by Gasteiger charge is 2.25. The minimum atomic E-state index is 0.356. The zero-order valence-corrected chi connectivity index (χ0v) is 11.2. The molecule has 1 aromatic carbocycles. The van der Waals surface area contributed by atoms with Crippen LogP contribution in [0, 0.1) is 0 Å². The summed E-state index contributed by atoms with van der Waals surface area (Å²) in [4.78, 5) is 8.47. The first-order valence-electron chi connectivity index (χ1n) is 6.08. The minimum Gasteiger partial charge on any atom is -0.368 e. The first-order chi connectivity index (χ1) is 8.78. The van der Waals surface area contributed by atoms with Crippen molar-refractivity contribution in [2.75, 3.05) is 25.1 Å². The maximum Gasteiger partial charge on any atom is 0.220 e. The van der Waals surface area contributed by atoms with Crippen LogP contribution in [0.1, 0.15) is 17.9 Å². The van der Waals surface area contributed by atoms with Crippen molar-refractivity contribution in [3.05, 3.63) is 30.0 Å². The maximum absolute atomic E-state index is 5.71. The Kier molecular flexibility index (Phi) is 3.09. The van der Waals surface area contributed by atoms with Crippen LogP contribution in [-0.2, 0) is 0 Å². The lowest BCUT2D eigenvalue weighted by Gasteiger charge is -2.14. The monoisotopic (exact) mass is 260 g/mol. The molecule has 1 aromatic heterocycles. The molecular formula is C13H16N4S. The Morgan fingerprint density at radius 2 is 2.33 bits per heavy atom. The summed E-state index contributed by atoms with van der Waals surface area (Å²) in [5.41, 5.74) is 8.02. The van der Waals surface area contributed by atoms with Gasteiger partial charge < -0.3 is 5.73 Å².